The van der Waals surface area contributed by atoms with Crippen LogP contribution >= 0.6 is 11.3 Å². The predicted octanol–water partition coefficient (Wildman–Crippen LogP) is 2.83. The number of aromatic nitrogens is 1. The van der Waals surface area contributed by atoms with Crippen molar-refractivity contribution in [3.05, 3.63) is 28.5 Å². The summed E-state index contributed by atoms with van der Waals surface area (Å²) in [5.41, 5.74) is 6.52. The molecule has 1 saturated heterocycles. The van der Waals surface area contributed by atoms with Crippen molar-refractivity contribution in [3.63, 3.8) is 0 Å². The van der Waals surface area contributed by atoms with Crippen molar-refractivity contribution < 1.29 is 9.21 Å². The molecule has 22 heavy (non-hydrogen) atoms. The third kappa shape index (κ3) is 2.68. The molecule has 0 saturated carbocycles. The van der Waals surface area contributed by atoms with Gasteiger partial charge in [0.2, 0.25) is 0 Å². The lowest BCUT2D eigenvalue weighted by molar-refractivity contribution is 0.0747. The van der Waals surface area contributed by atoms with E-state index in [1.807, 2.05) is 30.9 Å². The van der Waals surface area contributed by atoms with Crippen LogP contribution in [0.15, 0.2) is 16.5 Å². The largest absolute Gasteiger partial charge is 0.459 e. The smallest absolute Gasteiger partial charge is 0.266 e. The van der Waals surface area contributed by atoms with Crippen LogP contribution in [-0.4, -0.2) is 34.9 Å². The van der Waals surface area contributed by atoms with Gasteiger partial charge in [-0.3, -0.25) is 4.79 Å². The molecule has 6 heteroatoms. The number of nitrogens with zero attached hydrogens (tertiary/aromatic N) is 2. The van der Waals surface area contributed by atoms with Gasteiger partial charge < -0.3 is 15.1 Å². The molecule has 0 radical (unpaired) electrons. The maximum absolute atomic E-state index is 12.8. The minimum Gasteiger partial charge on any atom is -0.459 e. The fraction of sp³-hybridized carbons (Fsp3) is 0.500. The summed E-state index contributed by atoms with van der Waals surface area (Å²) in [5, 5.41) is 0.760. The lowest BCUT2D eigenvalue weighted by atomic mass is 10.1. The molecule has 0 aliphatic carbocycles. The standard InChI is InChI=1S/C16H21N3O2S/c1-9-6-12(7-17)8-19(9)16(20)14-11(3)18-15(22-14)13-5-4-10(2)21-13/h4-5,9,12H,6-8,17H2,1-3H3. The van der Waals surface area contributed by atoms with Gasteiger partial charge in [-0.05, 0) is 51.8 Å². The molecular formula is C16H21N3O2S. The third-order valence-electron chi connectivity index (χ3n) is 4.20. The van der Waals surface area contributed by atoms with Gasteiger partial charge in [-0.2, -0.15) is 0 Å². The molecule has 5 nitrogen and oxygen atoms in total. The molecule has 0 bridgehead atoms. The number of nitrogens with two attached hydrogens (primary N) is 1. The van der Waals surface area contributed by atoms with Gasteiger partial charge in [0.25, 0.3) is 5.91 Å². The van der Waals surface area contributed by atoms with Crippen molar-refractivity contribution in [2.75, 3.05) is 13.1 Å². The zero-order valence-corrected chi connectivity index (χ0v) is 13.9. The Balaban J connectivity index is 1.86. The molecule has 1 amide bonds. The van der Waals surface area contributed by atoms with E-state index in [0.29, 0.717) is 17.3 Å². The van der Waals surface area contributed by atoms with E-state index in [4.69, 9.17) is 10.2 Å². The number of amides is 1. The summed E-state index contributed by atoms with van der Waals surface area (Å²) in [7, 11) is 0. The molecule has 2 atom stereocenters. The highest BCUT2D eigenvalue weighted by molar-refractivity contribution is 7.17. The van der Waals surface area contributed by atoms with Crippen molar-refractivity contribution in [2.45, 2.75) is 33.2 Å². The summed E-state index contributed by atoms with van der Waals surface area (Å²) >= 11 is 1.40. The lowest BCUT2D eigenvalue weighted by Gasteiger charge is -2.20. The van der Waals surface area contributed by atoms with Crippen molar-refractivity contribution in [1.82, 2.24) is 9.88 Å². The van der Waals surface area contributed by atoms with Crippen LogP contribution in [0.25, 0.3) is 10.8 Å². The Kier molecular flexibility index (Phi) is 4.06. The highest BCUT2D eigenvalue weighted by Crippen LogP contribution is 2.32. The van der Waals surface area contributed by atoms with Crippen molar-refractivity contribution in [2.24, 2.45) is 11.7 Å². The summed E-state index contributed by atoms with van der Waals surface area (Å²) in [6.07, 6.45) is 0.977. The predicted molar refractivity (Wildman–Crippen MR) is 86.9 cm³/mol. The second-order valence-electron chi connectivity index (χ2n) is 5.99. The number of hydrogen-bond acceptors (Lipinski definition) is 5. The number of rotatable bonds is 3. The molecule has 2 aromatic rings. The second-order valence-corrected chi connectivity index (χ2v) is 6.99. The van der Waals surface area contributed by atoms with E-state index in [0.717, 1.165) is 35.2 Å². The number of aryl methyl sites for hydroxylation is 2. The minimum atomic E-state index is 0.0629. The number of carbonyl (C=O) groups excluding carboxylic acids is 1. The number of hydrogen-bond donors (Lipinski definition) is 1. The Labute approximate surface area is 134 Å². The maximum atomic E-state index is 12.8. The Morgan fingerprint density at radius 2 is 2.27 bits per heavy atom. The van der Waals surface area contributed by atoms with Crippen molar-refractivity contribution in [1.29, 1.82) is 0 Å². The number of thiazole rings is 1. The Hall–Kier alpha value is -1.66. The van der Waals surface area contributed by atoms with E-state index in [2.05, 4.69) is 11.9 Å². The highest BCUT2D eigenvalue weighted by Gasteiger charge is 2.33. The molecule has 2 N–H and O–H groups in total. The molecular weight excluding hydrogens is 298 g/mol. The van der Waals surface area contributed by atoms with Crippen LogP contribution in [0, 0.1) is 19.8 Å². The summed E-state index contributed by atoms with van der Waals surface area (Å²) in [6, 6.07) is 4.03. The summed E-state index contributed by atoms with van der Waals surface area (Å²) in [4.78, 5) is 19.9. The molecule has 0 spiro atoms. The first kappa shape index (κ1) is 15.2. The average molecular weight is 319 g/mol. The Morgan fingerprint density at radius 3 is 2.86 bits per heavy atom. The van der Waals surface area contributed by atoms with E-state index in [-0.39, 0.29) is 11.9 Å². The van der Waals surface area contributed by atoms with Crippen molar-refractivity contribution in [3.8, 4) is 10.8 Å². The molecule has 1 aliphatic rings. The Morgan fingerprint density at radius 1 is 1.50 bits per heavy atom. The van der Waals surface area contributed by atoms with Gasteiger partial charge >= 0.3 is 0 Å². The van der Waals surface area contributed by atoms with Gasteiger partial charge in [0.1, 0.15) is 10.6 Å². The topological polar surface area (TPSA) is 72.4 Å². The molecule has 118 valence electrons. The normalized spacial score (nSPS) is 21.5. The first-order valence-electron chi connectivity index (χ1n) is 7.55. The van der Waals surface area contributed by atoms with Gasteiger partial charge in [0.15, 0.2) is 10.8 Å². The zero-order valence-electron chi connectivity index (χ0n) is 13.1. The van der Waals surface area contributed by atoms with Crippen LogP contribution < -0.4 is 5.73 Å². The summed E-state index contributed by atoms with van der Waals surface area (Å²) in [5.74, 6) is 2.03. The molecule has 3 heterocycles. The molecule has 0 aromatic carbocycles. The minimum absolute atomic E-state index is 0.0629. The monoisotopic (exact) mass is 319 g/mol. The van der Waals surface area contributed by atoms with Crippen LogP contribution in [0.3, 0.4) is 0 Å². The first-order valence-corrected chi connectivity index (χ1v) is 8.36. The van der Waals surface area contributed by atoms with Gasteiger partial charge in [-0.15, -0.1) is 11.3 Å². The van der Waals surface area contributed by atoms with Crippen LogP contribution in [-0.2, 0) is 0 Å². The van der Waals surface area contributed by atoms with E-state index in [9.17, 15) is 4.79 Å². The van der Waals surface area contributed by atoms with E-state index in [1.165, 1.54) is 11.3 Å². The fourth-order valence-electron chi connectivity index (χ4n) is 2.98. The van der Waals surface area contributed by atoms with Crippen LogP contribution in [0.1, 0.15) is 34.5 Å². The zero-order chi connectivity index (χ0) is 15.9. The number of likely N-dealkylation sites (tertiary alicyclic amines) is 1. The van der Waals surface area contributed by atoms with Crippen LogP contribution in [0.4, 0.5) is 0 Å². The number of carbonyl (C=O) groups is 1. The van der Waals surface area contributed by atoms with Gasteiger partial charge in [0, 0.05) is 12.6 Å². The average Bonchev–Trinajstić information content (AvgIpc) is 3.17. The quantitative estimate of drug-likeness (QED) is 0.944. The third-order valence-corrected chi connectivity index (χ3v) is 5.36. The molecule has 2 unspecified atom stereocenters. The fourth-order valence-corrected chi connectivity index (χ4v) is 3.96. The first-order chi connectivity index (χ1) is 10.5. The molecule has 2 aromatic heterocycles. The van der Waals surface area contributed by atoms with Gasteiger partial charge in [0.05, 0.1) is 5.69 Å². The van der Waals surface area contributed by atoms with E-state index < -0.39 is 0 Å². The van der Waals surface area contributed by atoms with Crippen LogP contribution in [0.2, 0.25) is 0 Å². The SMILES string of the molecule is Cc1ccc(-c2nc(C)c(C(=O)N3CC(CN)CC3C)s2)o1. The van der Waals surface area contributed by atoms with Crippen LogP contribution in [0.5, 0.6) is 0 Å². The van der Waals surface area contributed by atoms with Gasteiger partial charge in [-0.1, -0.05) is 0 Å². The number of furan rings is 1. The lowest BCUT2D eigenvalue weighted by Crippen LogP contribution is -2.34. The summed E-state index contributed by atoms with van der Waals surface area (Å²) < 4.78 is 5.61. The molecule has 1 fully saturated rings. The van der Waals surface area contributed by atoms with Crippen molar-refractivity contribution >= 4 is 17.2 Å². The molecule has 1 aliphatic heterocycles. The van der Waals surface area contributed by atoms with Gasteiger partial charge in [-0.25, -0.2) is 4.98 Å². The summed E-state index contributed by atoms with van der Waals surface area (Å²) in [6.45, 7) is 7.23. The van der Waals surface area contributed by atoms with E-state index in [1.54, 1.807) is 0 Å². The van der Waals surface area contributed by atoms with E-state index >= 15 is 0 Å². The molecule has 3 rings (SSSR count). The maximum Gasteiger partial charge on any atom is 0.266 e. The Bertz CT molecular complexity index is 691. The second kappa shape index (κ2) is 5.85. The highest BCUT2D eigenvalue weighted by atomic mass is 32.1.